The summed E-state index contributed by atoms with van der Waals surface area (Å²) in [5, 5.41) is 2.07. The molecule has 0 aliphatic carbocycles. The molecule has 0 heterocycles. The van der Waals surface area contributed by atoms with E-state index >= 15 is 0 Å². The molecule has 0 unspecified atom stereocenters. The van der Waals surface area contributed by atoms with Crippen molar-refractivity contribution in [2.24, 2.45) is 0 Å². The zero-order valence-electron chi connectivity index (χ0n) is 9.08. The van der Waals surface area contributed by atoms with Crippen molar-refractivity contribution in [3.05, 3.63) is 11.5 Å². The molecular formula is C11H18S3. The molecule has 0 radical (unpaired) electrons. The highest BCUT2D eigenvalue weighted by molar-refractivity contribution is 8.17. The summed E-state index contributed by atoms with van der Waals surface area (Å²) in [5.41, 5.74) is 0. The summed E-state index contributed by atoms with van der Waals surface area (Å²) in [6, 6.07) is 0. The summed E-state index contributed by atoms with van der Waals surface area (Å²) < 4.78 is 0.446. The largest absolute Gasteiger partial charge is 0.135 e. The van der Waals surface area contributed by atoms with Gasteiger partial charge >= 0.3 is 0 Å². The molecule has 0 bridgehead atoms. The maximum atomic E-state index is 3.26. The maximum Gasteiger partial charge on any atom is 0.111 e. The predicted octanol–water partition coefficient (Wildman–Crippen LogP) is 4.09. The van der Waals surface area contributed by atoms with Crippen LogP contribution >= 0.6 is 35.3 Å². The van der Waals surface area contributed by atoms with E-state index in [1.54, 1.807) is 11.8 Å². The van der Waals surface area contributed by atoms with Crippen LogP contribution in [0, 0.1) is 11.8 Å². The van der Waals surface area contributed by atoms with E-state index in [9.17, 15) is 0 Å². The van der Waals surface area contributed by atoms with Crippen LogP contribution in [0.4, 0.5) is 0 Å². The summed E-state index contributed by atoms with van der Waals surface area (Å²) in [4.78, 5) is 0. The van der Waals surface area contributed by atoms with Gasteiger partial charge in [-0.1, -0.05) is 32.6 Å². The van der Waals surface area contributed by atoms with Crippen LogP contribution in [0.1, 0.15) is 20.8 Å². The molecule has 0 aromatic heterocycles. The molecule has 0 amide bonds. The Bertz CT molecular complexity index is 194. The third-order valence-electron chi connectivity index (χ3n) is 1.25. The molecule has 0 nitrogen and oxygen atoms in total. The Hall–Kier alpha value is 0.350. The fourth-order valence-corrected chi connectivity index (χ4v) is 3.20. The van der Waals surface area contributed by atoms with Crippen molar-refractivity contribution in [1.29, 1.82) is 0 Å². The van der Waals surface area contributed by atoms with Gasteiger partial charge in [-0.2, -0.15) is 0 Å². The van der Waals surface area contributed by atoms with Crippen molar-refractivity contribution in [2.75, 3.05) is 17.3 Å². The molecule has 0 aliphatic rings. The first-order valence-electron chi connectivity index (χ1n) is 4.86. The summed E-state index contributed by atoms with van der Waals surface area (Å²) in [6.07, 6.45) is 1.95. The minimum absolute atomic E-state index is 0.446. The van der Waals surface area contributed by atoms with Crippen LogP contribution in [0.3, 0.4) is 0 Å². The van der Waals surface area contributed by atoms with Crippen molar-refractivity contribution in [3.63, 3.8) is 0 Å². The highest BCUT2D eigenvalue weighted by atomic mass is 32.2. The minimum Gasteiger partial charge on any atom is -0.135 e. The molecule has 0 aromatic carbocycles. The van der Waals surface area contributed by atoms with Gasteiger partial charge in [-0.25, -0.2) is 0 Å². The van der Waals surface area contributed by atoms with Gasteiger partial charge in [0.2, 0.25) is 0 Å². The molecule has 0 saturated carbocycles. The minimum atomic E-state index is 0.446. The van der Waals surface area contributed by atoms with Gasteiger partial charge in [0.05, 0.1) is 0 Å². The fourth-order valence-electron chi connectivity index (χ4n) is 0.729. The molecule has 0 N–H and O–H groups in total. The van der Waals surface area contributed by atoms with E-state index in [0.29, 0.717) is 4.58 Å². The highest BCUT2D eigenvalue weighted by Crippen LogP contribution is 2.22. The molecule has 0 rings (SSSR count). The van der Waals surface area contributed by atoms with E-state index in [4.69, 9.17) is 0 Å². The number of hydrogen-bond donors (Lipinski definition) is 0. The van der Waals surface area contributed by atoms with Gasteiger partial charge in [0.1, 0.15) is 4.58 Å². The first kappa shape index (κ1) is 14.3. The Labute approximate surface area is 101 Å². The van der Waals surface area contributed by atoms with Crippen LogP contribution in [0.15, 0.2) is 11.5 Å². The van der Waals surface area contributed by atoms with Gasteiger partial charge in [0.15, 0.2) is 0 Å². The zero-order chi connectivity index (χ0) is 10.6. The van der Waals surface area contributed by atoms with Crippen LogP contribution in [-0.4, -0.2) is 21.8 Å². The van der Waals surface area contributed by atoms with E-state index in [-0.39, 0.29) is 0 Å². The van der Waals surface area contributed by atoms with Crippen molar-refractivity contribution < 1.29 is 0 Å². The van der Waals surface area contributed by atoms with Gasteiger partial charge in [0, 0.05) is 0 Å². The van der Waals surface area contributed by atoms with Crippen molar-refractivity contribution in [3.8, 4) is 11.8 Å². The van der Waals surface area contributed by atoms with Crippen LogP contribution in [0.25, 0.3) is 0 Å². The topological polar surface area (TPSA) is 0 Å². The second kappa shape index (κ2) is 11.4. The lowest BCUT2D eigenvalue weighted by molar-refractivity contribution is 1.49. The van der Waals surface area contributed by atoms with E-state index < -0.39 is 0 Å². The molecule has 0 aliphatic heterocycles. The summed E-state index contributed by atoms with van der Waals surface area (Å²) in [5.74, 6) is 9.75. The van der Waals surface area contributed by atoms with Gasteiger partial charge < -0.3 is 0 Å². The monoisotopic (exact) mass is 246 g/mol. The van der Waals surface area contributed by atoms with E-state index in [1.807, 2.05) is 29.6 Å². The Balaban J connectivity index is 3.86. The molecule has 0 saturated heterocycles. The van der Waals surface area contributed by atoms with Gasteiger partial charge in [0.25, 0.3) is 0 Å². The average molecular weight is 246 g/mol. The summed E-state index contributed by atoms with van der Waals surface area (Å²) in [6.45, 7) is 6.50. The zero-order valence-corrected chi connectivity index (χ0v) is 11.5. The molecule has 80 valence electrons. The summed E-state index contributed by atoms with van der Waals surface area (Å²) >= 11 is 5.62. The van der Waals surface area contributed by atoms with Crippen molar-refractivity contribution >= 4 is 35.3 Å². The van der Waals surface area contributed by atoms with Crippen LogP contribution in [0.5, 0.6) is 0 Å². The first-order valence-corrected chi connectivity index (χ1v) is 8.00. The average Bonchev–Trinajstić information content (AvgIpc) is 2.18. The Kier molecular flexibility index (Phi) is 11.7. The Morgan fingerprint density at radius 1 is 1.07 bits per heavy atom. The standard InChI is InChI=1S/C11H18S3/c1-4-12-10-8-7-9-11(13-5-2)14-6-3/h8,10-11H,4-6H2,1-3H3/b10-8-. The first-order chi connectivity index (χ1) is 6.85. The highest BCUT2D eigenvalue weighted by Gasteiger charge is 2.01. The lowest BCUT2D eigenvalue weighted by Gasteiger charge is -2.05. The van der Waals surface area contributed by atoms with Crippen LogP contribution < -0.4 is 0 Å². The van der Waals surface area contributed by atoms with Crippen LogP contribution in [-0.2, 0) is 0 Å². The molecular weight excluding hydrogens is 228 g/mol. The quantitative estimate of drug-likeness (QED) is 0.512. The Morgan fingerprint density at radius 2 is 1.71 bits per heavy atom. The van der Waals surface area contributed by atoms with Gasteiger partial charge in [-0.15, -0.1) is 35.3 Å². The normalized spacial score (nSPS) is 10.6. The lowest BCUT2D eigenvalue weighted by Crippen LogP contribution is -1.93. The molecule has 0 aromatic rings. The summed E-state index contributed by atoms with van der Waals surface area (Å²) in [7, 11) is 0. The van der Waals surface area contributed by atoms with Gasteiger partial charge in [-0.3, -0.25) is 0 Å². The second-order valence-corrected chi connectivity index (χ2v) is 6.53. The number of allylic oxidation sites excluding steroid dienone is 1. The third-order valence-corrected chi connectivity index (χ3v) is 4.24. The Morgan fingerprint density at radius 3 is 2.21 bits per heavy atom. The van der Waals surface area contributed by atoms with E-state index in [2.05, 4.69) is 38.0 Å². The smallest absolute Gasteiger partial charge is 0.111 e. The lowest BCUT2D eigenvalue weighted by atomic mass is 10.6. The van der Waals surface area contributed by atoms with Gasteiger partial charge in [-0.05, 0) is 28.7 Å². The van der Waals surface area contributed by atoms with Crippen molar-refractivity contribution in [1.82, 2.24) is 0 Å². The molecule has 0 fully saturated rings. The number of thioether (sulfide) groups is 3. The molecule has 0 spiro atoms. The van der Waals surface area contributed by atoms with E-state index in [1.165, 1.54) is 0 Å². The predicted molar refractivity (Wildman–Crippen MR) is 75.1 cm³/mol. The van der Waals surface area contributed by atoms with E-state index in [0.717, 1.165) is 17.3 Å². The number of hydrogen-bond acceptors (Lipinski definition) is 3. The second-order valence-electron chi connectivity index (χ2n) is 2.29. The third kappa shape index (κ3) is 8.93. The SMILES string of the molecule is CCS/C=C\C#CC(SCC)SCC. The number of rotatable bonds is 6. The molecule has 3 heteroatoms. The fraction of sp³-hybridized carbons (Fsp3) is 0.636. The van der Waals surface area contributed by atoms with Crippen molar-refractivity contribution in [2.45, 2.75) is 25.4 Å². The molecule has 14 heavy (non-hydrogen) atoms. The molecule has 0 atom stereocenters. The maximum absolute atomic E-state index is 3.26. The van der Waals surface area contributed by atoms with Crippen LogP contribution in [0.2, 0.25) is 0 Å².